The summed E-state index contributed by atoms with van der Waals surface area (Å²) >= 11 is 0. The molecule has 2 aromatic rings. The molecule has 0 unspecified atom stereocenters. The van der Waals surface area contributed by atoms with Crippen molar-refractivity contribution in [2.45, 2.75) is 6.42 Å². The number of rotatable bonds is 4. The Kier molecular flexibility index (Phi) is 3.13. The molecule has 0 saturated heterocycles. The first-order chi connectivity index (χ1) is 7.81. The maximum Gasteiger partial charge on any atom is 0.116 e. The largest absolute Gasteiger partial charge is 0.508 e. The lowest BCUT2D eigenvalue weighted by atomic mass is 10.1. The summed E-state index contributed by atoms with van der Waals surface area (Å²) < 4.78 is 0. The lowest BCUT2D eigenvalue weighted by Gasteiger charge is -2.00. The lowest BCUT2D eigenvalue weighted by Crippen LogP contribution is -2.16. The van der Waals surface area contributed by atoms with Gasteiger partial charge in [0.2, 0.25) is 0 Å². The van der Waals surface area contributed by atoms with E-state index in [1.54, 1.807) is 12.1 Å². The summed E-state index contributed by atoms with van der Waals surface area (Å²) in [7, 11) is 0. The van der Waals surface area contributed by atoms with Gasteiger partial charge in [0.1, 0.15) is 5.75 Å². The smallest absolute Gasteiger partial charge is 0.116 e. The number of nitrogens with one attached hydrogen (secondary N) is 2. The fourth-order valence-electron chi connectivity index (χ4n) is 1.76. The van der Waals surface area contributed by atoms with Crippen molar-refractivity contribution < 1.29 is 5.11 Å². The highest BCUT2D eigenvalue weighted by atomic mass is 16.3. The van der Waals surface area contributed by atoms with Crippen LogP contribution in [-0.2, 0) is 6.42 Å². The van der Waals surface area contributed by atoms with E-state index in [2.05, 4.69) is 16.2 Å². The van der Waals surface area contributed by atoms with Crippen molar-refractivity contribution in [3.63, 3.8) is 0 Å². The first-order valence-corrected chi connectivity index (χ1v) is 5.24. The van der Waals surface area contributed by atoms with Crippen molar-refractivity contribution in [1.82, 2.24) is 10.3 Å². The third-order valence-electron chi connectivity index (χ3n) is 2.55. The molecule has 1 heterocycles. The summed E-state index contributed by atoms with van der Waals surface area (Å²) in [5, 5.41) is 13.6. The Labute approximate surface area is 94.5 Å². The second-order valence-corrected chi connectivity index (χ2v) is 3.67. The lowest BCUT2D eigenvalue weighted by molar-refractivity contribution is 0.476. The molecule has 3 nitrogen and oxygen atoms in total. The molecular formula is C13H14N2O. The minimum atomic E-state index is 0.296. The van der Waals surface area contributed by atoms with E-state index in [9.17, 15) is 5.11 Å². The Morgan fingerprint density at radius 3 is 3.12 bits per heavy atom. The van der Waals surface area contributed by atoms with E-state index >= 15 is 0 Å². The second kappa shape index (κ2) is 4.73. The van der Waals surface area contributed by atoms with Gasteiger partial charge in [-0.25, -0.2) is 0 Å². The minimum Gasteiger partial charge on any atom is -0.508 e. The molecule has 0 aliphatic carbocycles. The number of aromatic nitrogens is 1. The number of hydrogen-bond acceptors (Lipinski definition) is 2. The number of phenols is 1. The Bertz CT molecular complexity index is 522. The van der Waals surface area contributed by atoms with Crippen LogP contribution in [0.2, 0.25) is 0 Å². The van der Waals surface area contributed by atoms with Crippen LogP contribution in [0.25, 0.3) is 10.9 Å². The van der Waals surface area contributed by atoms with Gasteiger partial charge in [0, 0.05) is 23.6 Å². The number of aromatic amines is 1. The fourth-order valence-corrected chi connectivity index (χ4v) is 1.76. The molecule has 16 heavy (non-hydrogen) atoms. The molecule has 3 heteroatoms. The van der Waals surface area contributed by atoms with Gasteiger partial charge in [-0.2, -0.15) is 0 Å². The molecule has 1 aromatic heterocycles. The van der Waals surface area contributed by atoms with Gasteiger partial charge in [0.05, 0.1) is 6.54 Å². The summed E-state index contributed by atoms with van der Waals surface area (Å²) in [5.41, 5.74) is 2.24. The van der Waals surface area contributed by atoms with Crippen LogP contribution in [0, 0.1) is 12.3 Å². The molecule has 0 spiro atoms. The quantitative estimate of drug-likeness (QED) is 0.535. The van der Waals surface area contributed by atoms with Crippen LogP contribution in [-0.4, -0.2) is 23.2 Å². The summed E-state index contributed by atoms with van der Waals surface area (Å²) in [6.07, 6.45) is 8.01. The highest BCUT2D eigenvalue weighted by Gasteiger charge is 2.03. The summed E-state index contributed by atoms with van der Waals surface area (Å²) in [5.74, 6) is 2.83. The van der Waals surface area contributed by atoms with Gasteiger partial charge in [0.25, 0.3) is 0 Å². The molecule has 1 aromatic carbocycles. The summed E-state index contributed by atoms with van der Waals surface area (Å²) in [6.45, 7) is 1.43. The van der Waals surface area contributed by atoms with Crippen molar-refractivity contribution in [1.29, 1.82) is 0 Å². The third kappa shape index (κ3) is 2.18. The van der Waals surface area contributed by atoms with Crippen LogP contribution in [0.15, 0.2) is 24.4 Å². The van der Waals surface area contributed by atoms with Gasteiger partial charge < -0.3 is 15.4 Å². The normalized spacial score (nSPS) is 10.4. The molecular weight excluding hydrogens is 200 g/mol. The average molecular weight is 214 g/mol. The van der Waals surface area contributed by atoms with E-state index in [0.717, 1.165) is 23.9 Å². The molecule has 0 fully saturated rings. The number of hydrogen-bond donors (Lipinski definition) is 3. The summed E-state index contributed by atoms with van der Waals surface area (Å²) in [4.78, 5) is 3.18. The van der Waals surface area contributed by atoms with E-state index in [1.165, 1.54) is 5.56 Å². The molecule has 0 amide bonds. The van der Waals surface area contributed by atoms with Crippen molar-refractivity contribution in [3.8, 4) is 18.1 Å². The molecule has 0 radical (unpaired) electrons. The van der Waals surface area contributed by atoms with Gasteiger partial charge >= 0.3 is 0 Å². The zero-order chi connectivity index (χ0) is 11.4. The summed E-state index contributed by atoms with van der Waals surface area (Å²) in [6, 6.07) is 5.34. The van der Waals surface area contributed by atoms with Gasteiger partial charge in [0.15, 0.2) is 0 Å². The topological polar surface area (TPSA) is 48.0 Å². The Balaban J connectivity index is 2.12. The maximum absolute atomic E-state index is 9.43. The Morgan fingerprint density at radius 1 is 1.44 bits per heavy atom. The number of benzene rings is 1. The SMILES string of the molecule is C#CCNCCc1c[nH]c2ccc(O)cc12. The Hall–Kier alpha value is -1.92. The third-order valence-corrected chi connectivity index (χ3v) is 2.55. The molecule has 0 atom stereocenters. The van der Waals surface area contributed by atoms with E-state index in [4.69, 9.17) is 6.42 Å². The number of aromatic hydroxyl groups is 1. The zero-order valence-corrected chi connectivity index (χ0v) is 8.96. The minimum absolute atomic E-state index is 0.296. The van der Waals surface area contributed by atoms with Crippen molar-refractivity contribution in [2.24, 2.45) is 0 Å². The average Bonchev–Trinajstić information content (AvgIpc) is 2.67. The molecule has 0 bridgehead atoms. The predicted molar refractivity (Wildman–Crippen MR) is 65.4 cm³/mol. The van der Waals surface area contributed by atoms with E-state index in [-0.39, 0.29) is 0 Å². The van der Waals surface area contributed by atoms with E-state index in [0.29, 0.717) is 12.3 Å². The van der Waals surface area contributed by atoms with Crippen LogP contribution >= 0.6 is 0 Å². The monoisotopic (exact) mass is 214 g/mol. The first kappa shape index (κ1) is 10.6. The highest BCUT2D eigenvalue weighted by molar-refractivity contribution is 5.84. The number of fused-ring (bicyclic) bond motifs is 1. The molecule has 2 rings (SSSR count). The van der Waals surface area contributed by atoms with Crippen LogP contribution in [0.1, 0.15) is 5.56 Å². The zero-order valence-electron chi connectivity index (χ0n) is 8.96. The number of H-pyrrole nitrogens is 1. The first-order valence-electron chi connectivity index (χ1n) is 5.24. The number of terminal acetylenes is 1. The van der Waals surface area contributed by atoms with E-state index < -0.39 is 0 Å². The molecule has 82 valence electrons. The van der Waals surface area contributed by atoms with Crippen molar-refractivity contribution >= 4 is 10.9 Å². The van der Waals surface area contributed by atoms with Crippen LogP contribution < -0.4 is 5.32 Å². The predicted octanol–water partition coefficient (Wildman–Crippen LogP) is 1.64. The molecule has 0 aliphatic heterocycles. The van der Waals surface area contributed by atoms with Gasteiger partial charge in [-0.3, -0.25) is 0 Å². The van der Waals surface area contributed by atoms with Crippen molar-refractivity contribution in [2.75, 3.05) is 13.1 Å². The van der Waals surface area contributed by atoms with Crippen LogP contribution in [0.3, 0.4) is 0 Å². The molecule has 0 saturated carbocycles. The number of phenolic OH excluding ortho intramolecular Hbond substituents is 1. The Morgan fingerprint density at radius 2 is 2.31 bits per heavy atom. The molecule has 3 N–H and O–H groups in total. The van der Waals surface area contributed by atoms with Gasteiger partial charge in [-0.1, -0.05) is 5.92 Å². The second-order valence-electron chi connectivity index (χ2n) is 3.67. The molecule has 0 aliphatic rings. The maximum atomic E-state index is 9.43. The van der Waals surface area contributed by atoms with Crippen molar-refractivity contribution in [3.05, 3.63) is 30.0 Å². The fraction of sp³-hybridized carbons (Fsp3) is 0.231. The van der Waals surface area contributed by atoms with E-state index in [1.807, 2.05) is 12.3 Å². The van der Waals surface area contributed by atoms with Crippen LogP contribution in [0.5, 0.6) is 5.75 Å². The highest BCUT2D eigenvalue weighted by Crippen LogP contribution is 2.22. The standard InChI is InChI=1S/C13H14N2O/c1-2-6-14-7-5-10-9-15-13-4-3-11(16)8-12(10)13/h1,3-4,8-9,14-16H,5-7H2. The van der Waals surface area contributed by atoms with Gasteiger partial charge in [-0.05, 0) is 30.2 Å². The van der Waals surface area contributed by atoms with Crippen LogP contribution in [0.4, 0.5) is 0 Å². The van der Waals surface area contributed by atoms with Gasteiger partial charge in [-0.15, -0.1) is 6.42 Å².